The van der Waals surface area contributed by atoms with E-state index in [-0.39, 0.29) is 0 Å². The standard InChI is InChI=1S/C11H22ClN/c1-10(2)9-13-6-3-4-11(8-12)5-7-13/h10-11H,3-9H2,1-2H3. The highest BCUT2D eigenvalue weighted by atomic mass is 35.5. The topological polar surface area (TPSA) is 3.24 Å². The molecule has 0 spiro atoms. The zero-order valence-electron chi connectivity index (χ0n) is 8.93. The molecule has 1 saturated heterocycles. The number of alkyl halides is 1. The summed E-state index contributed by atoms with van der Waals surface area (Å²) in [5, 5.41) is 0. The van der Waals surface area contributed by atoms with E-state index in [1.54, 1.807) is 0 Å². The lowest BCUT2D eigenvalue weighted by Crippen LogP contribution is -2.28. The number of hydrogen-bond donors (Lipinski definition) is 0. The Bertz CT molecular complexity index is 136. The molecule has 1 atom stereocenters. The maximum absolute atomic E-state index is 5.89. The largest absolute Gasteiger partial charge is 0.303 e. The Labute approximate surface area is 87.4 Å². The van der Waals surface area contributed by atoms with Crippen LogP contribution in [0.3, 0.4) is 0 Å². The van der Waals surface area contributed by atoms with Gasteiger partial charge in [0.1, 0.15) is 0 Å². The van der Waals surface area contributed by atoms with Gasteiger partial charge in [-0.05, 0) is 44.2 Å². The summed E-state index contributed by atoms with van der Waals surface area (Å²) in [6.07, 6.45) is 3.97. The third kappa shape index (κ3) is 4.33. The van der Waals surface area contributed by atoms with Crippen LogP contribution in [0, 0.1) is 11.8 Å². The van der Waals surface area contributed by atoms with Crippen molar-refractivity contribution in [1.82, 2.24) is 4.90 Å². The summed E-state index contributed by atoms with van der Waals surface area (Å²) < 4.78 is 0. The van der Waals surface area contributed by atoms with Gasteiger partial charge in [0, 0.05) is 12.4 Å². The van der Waals surface area contributed by atoms with E-state index in [0.29, 0.717) is 0 Å². The molecule has 13 heavy (non-hydrogen) atoms. The minimum Gasteiger partial charge on any atom is -0.303 e. The highest BCUT2D eigenvalue weighted by Gasteiger charge is 2.16. The fourth-order valence-electron chi connectivity index (χ4n) is 2.08. The van der Waals surface area contributed by atoms with Crippen molar-refractivity contribution < 1.29 is 0 Å². The molecule has 0 saturated carbocycles. The van der Waals surface area contributed by atoms with Crippen molar-refractivity contribution in [2.24, 2.45) is 11.8 Å². The molecule has 0 aromatic heterocycles. The molecule has 0 aromatic carbocycles. The molecule has 1 fully saturated rings. The molecule has 0 bridgehead atoms. The number of likely N-dealkylation sites (tertiary alicyclic amines) is 1. The van der Waals surface area contributed by atoms with E-state index in [1.807, 2.05) is 0 Å². The molecular formula is C11H22ClN. The highest BCUT2D eigenvalue weighted by Crippen LogP contribution is 2.19. The van der Waals surface area contributed by atoms with Crippen molar-refractivity contribution in [3.63, 3.8) is 0 Å². The van der Waals surface area contributed by atoms with E-state index in [4.69, 9.17) is 11.6 Å². The van der Waals surface area contributed by atoms with E-state index in [1.165, 1.54) is 38.9 Å². The molecule has 1 aliphatic rings. The maximum Gasteiger partial charge on any atom is 0.0252 e. The summed E-state index contributed by atoms with van der Waals surface area (Å²) in [6, 6.07) is 0. The van der Waals surface area contributed by atoms with Crippen molar-refractivity contribution in [1.29, 1.82) is 0 Å². The van der Waals surface area contributed by atoms with E-state index >= 15 is 0 Å². The van der Waals surface area contributed by atoms with Crippen LogP contribution in [0.1, 0.15) is 33.1 Å². The van der Waals surface area contributed by atoms with Crippen molar-refractivity contribution in [2.75, 3.05) is 25.5 Å². The number of halogens is 1. The molecule has 1 nitrogen and oxygen atoms in total. The Balaban J connectivity index is 2.27. The second-order valence-electron chi connectivity index (χ2n) is 4.65. The third-order valence-electron chi connectivity index (χ3n) is 2.78. The van der Waals surface area contributed by atoms with Crippen LogP contribution in [-0.2, 0) is 0 Å². The molecule has 2 heteroatoms. The van der Waals surface area contributed by atoms with Gasteiger partial charge in [-0.25, -0.2) is 0 Å². The first-order valence-electron chi connectivity index (χ1n) is 5.50. The first kappa shape index (κ1) is 11.3. The van der Waals surface area contributed by atoms with Crippen LogP contribution in [-0.4, -0.2) is 30.4 Å². The minimum absolute atomic E-state index is 0.777. The average Bonchev–Trinajstić information content (AvgIpc) is 2.29. The molecule has 0 N–H and O–H groups in total. The second-order valence-corrected chi connectivity index (χ2v) is 4.95. The van der Waals surface area contributed by atoms with E-state index in [9.17, 15) is 0 Å². The zero-order valence-corrected chi connectivity index (χ0v) is 9.69. The lowest BCUT2D eigenvalue weighted by atomic mass is 10.0. The minimum atomic E-state index is 0.777. The van der Waals surface area contributed by atoms with Gasteiger partial charge >= 0.3 is 0 Å². The fraction of sp³-hybridized carbons (Fsp3) is 1.00. The van der Waals surface area contributed by atoms with Crippen molar-refractivity contribution >= 4 is 11.6 Å². The van der Waals surface area contributed by atoms with Gasteiger partial charge in [-0.3, -0.25) is 0 Å². The molecule has 1 rings (SSSR count). The van der Waals surface area contributed by atoms with E-state index in [2.05, 4.69) is 18.7 Å². The van der Waals surface area contributed by atoms with Gasteiger partial charge in [0.2, 0.25) is 0 Å². The molecular weight excluding hydrogens is 182 g/mol. The van der Waals surface area contributed by atoms with Crippen LogP contribution in [0.4, 0.5) is 0 Å². The predicted molar refractivity (Wildman–Crippen MR) is 59.3 cm³/mol. The SMILES string of the molecule is CC(C)CN1CCCC(CCl)CC1. The summed E-state index contributed by atoms with van der Waals surface area (Å²) >= 11 is 5.89. The van der Waals surface area contributed by atoms with Crippen LogP contribution in [0.2, 0.25) is 0 Å². The smallest absolute Gasteiger partial charge is 0.0252 e. The third-order valence-corrected chi connectivity index (χ3v) is 3.22. The Morgan fingerprint density at radius 1 is 1.31 bits per heavy atom. The summed E-state index contributed by atoms with van der Waals surface area (Å²) in [4.78, 5) is 2.59. The molecule has 78 valence electrons. The van der Waals surface area contributed by atoms with E-state index in [0.717, 1.165) is 17.7 Å². The van der Waals surface area contributed by atoms with Crippen LogP contribution in [0.5, 0.6) is 0 Å². The van der Waals surface area contributed by atoms with Crippen LogP contribution >= 0.6 is 11.6 Å². The Kier molecular flexibility index (Phi) is 5.12. The normalized spacial score (nSPS) is 26.3. The Morgan fingerprint density at radius 2 is 2.08 bits per heavy atom. The van der Waals surface area contributed by atoms with Gasteiger partial charge in [-0.15, -0.1) is 11.6 Å². The number of rotatable bonds is 3. The average molecular weight is 204 g/mol. The maximum atomic E-state index is 5.89. The Hall–Kier alpha value is 0.250. The molecule has 1 heterocycles. The predicted octanol–water partition coefficient (Wildman–Crippen LogP) is 2.98. The molecule has 1 aliphatic heterocycles. The summed E-state index contributed by atoms with van der Waals surface area (Å²) in [6.45, 7) is 8.39. The van der Waals surface area contributed by atoms with Crippen molar-refractivity contribution in [2.45, 2.75) is 33.1 Å². The molecule has 0 amide bonds. The van der Waals surface area contributed by atoms with Crippen LogP contribution in [0.25, 0.3) is 0 Å². The molecule has 0 aromatic rings. The molecule has 0 radical (unpaired) electrons. The zero-order chi connectivity index (χ0) is 9.68. The summed E-state index contributed by atoms with van der Waals surface area (Å²) in [5.74, 6) is 2.43. The second kappa shape index (κ2) is 5.87. The first-order chi connectivity index (χ1) is 6.22. The van der Waals surface area contributed by atoms with E-state index < -0.39 is 0 Å². The van der Waals surface area contributed by atoms with Gasteiger partial charge in [0.25, 0.3) is 0 Å². The number of nitrogens with zero attached hydrogens (tertiary/aromatic N) is 1. The molecule has 1 unspecified atom stereocenters. The quantitative estimate of drug-likeness (QED) is 0.638. The van der Waals surface area contributed by atoms with Crippen LogP contribution in [0.15, 0.2) is 0 Å². The fourth-order valence-corrected chi connectivity index (χ4v) is 2.39. The van der Waals surface area contributed by atoms with Gasteiger partial charge < -0.3 is 4.90 Å². The number of hydrogen-bond acceptors (Lipinski definition) is 1. The lowest BCUT2D eigenvalue weighted by molar-refractivity contribution is 0.251. The van der Waals surface area contributed by atoms with Gasteiger partial charge in [0.05, 0.1) is 0 Å². The monoisotopic (exact) mass is 203 g/mol. The molecule has 0 aliphatic carbocycles. The van der Waals surface area contributed by atoms with Crippen molar-refractivity contribution in [3.05, 3.63) is 0 Å². The first-order valence-corrected chi connectivity index (χ1v) is 6.04. The lowest BCUT2D eigenvalue weighted by Gasteiger charge is -2.21. The van der Waals surface area contributed by atoms with Crippen LogP contribution < -0.4 is 0 Å². The van der Waals surface area contributed by atoms with Gasteiger partial charge in [0.15, 0.2) is 0 Å². The van der Waals surface area contributed by atoms with Crippen molar-refractivity contribution in [3.8, 4) is 0 Å². The summed E-state index contributed by atoms with van der Waals surface area (Å²) in [5.41, 5.74) is 0. The van der Waals surface area contributed by atoms with Gasteiger partial charge in [-0.2, -0.15) is 0 Å². The highest BCUT2D eigenvalue weighted by molar-refractivity contribution is 6.18. The summed E-state index contributed by atoms with van der Waals surface area (Å²) in [7, 11) is 0. The van der Waals surface area contributed by atoms with Gasteiger partial charge in [-0.1, -0.05) is 13.8 Å². The Morgan fingerprint density at radius 3 is 2.69 bits per heavy atom.